The van der Waals surface area contributed by atoms with Gasteiger partial charge in [0.25, 0.3) is 5.56 Å². The Kier molecular flexibility index (Phi) is 6.43. The summed E-state index contributed by atoms with van der Waals surface area (Å²) in [6.07, 6.45) is 3.93. The molecule has 2 aromatic heterocycles. The zero-order valence-electron chi connectivity index (χ0n) is 21.1. The van der Waals surface area contributed by atoms with Crippen LogP contribution in [0.15, 0.2) is 58.1 Å². The first-order chi connectivity index (χ1) is 17.4. The van der Waals surface area contributed by atoms with Gasteiger partial charge in [0.1, 0.15) is 17.8 Å². The summed E-state index contributed by atoms with van der Waals surface area (Å²) in [6.45, 7) is 2.81. The largest absolute Gasteiger partial charge is 0.497 e. The van der Waals surface area contributed by atoms with E-state index < -0.39 is 5.69 Å². The van der Waals surface area contributed by atoms with Crippen LogP contribution in [0.25, 0.3) is 21.9 Å². The fourth-order valence-corrected chi connectivity index (χ4v) is 5.54. The summed E-state index contributed by atoms with van der Waals surface area (Å²) in [4.78, 5) is 43.2. The summed E-state index contributed by atoms with van der Waals surface area (Å²) in [6, 6.07) is 15.1. The number of aromatic nitrogens is 3. The second kappa shape index (κ2) is 9.68. The first-order valence-corrected chi connectivity index (χ1v) is 12.6. The van der Waals surface area contributed by atoms with Gasteiger partial charge in [0.05, 0.1) is 24.7 Å². The fraction of sp³-hybridized carbons (Fsp3) is 0.393. The number of methoxy groups -OCH3 is 1. The van der Waals surface area contributed by atoms with Gasteiger partial charge in [-0.3, -0.25) is 18.7 Å². The van der Waals surface area contributed by atoms with Crippen LogP contribution in [0.5, 0.6) is 5.75 Å². The number of likely N-dealkylation sites (tertiary alicyclic amines) is 1. The highest BCUT2D eigenvalue weighted by molar-refractivity contribution is 6.06. The molecule has 188 valence electrons. The smallest absolute Gasteiger partial charge is 0.332 e. The number of hydrogen-bond acceptors (Lipinski definition) is 4. The molecule has 0 saturated carbocycles. The van der Waals surface area contributed by atoms with E-state index in [9.17, 15) is 14.4 Å². The number of nitrogens with zero attached hydrogens (tertiary/aromatic N) is 4. The van der Waals surface area contributed by atoms with E-state index in [1.165, 1.54) is 9.13 Å². The highest BCUT2D eigenvalue weighted by Gasteiger charge is 2.28. The van der Waals surface area contributed by atoms with Crippen molar-refractivity contribution in [2.75, 3.05) is 13.7 Å². The van der Waals surface area contributed by atoms with Gasteiger partial charge in [-0.2, -0.15) is 0 Å². The number of rotatable bonds is 6. The topological polar surface area (TPSA) is 78.5 Å². The summed E-state index contributed by atoms with van der Waals surface area (Å²) in [5, 5.41) is 0.714. The molecule has 1 amide bonds. The van der Waals surface area contributed by atoms with Crippen molar-refractivity contribution >= 4 is 27.8 Å². The Labute approximate surface area is 209 Å². The average Bonchev–Trinajstić information content (AvgIpc) is 3.20. The van der Waals surface area contributed by atoms with Crippen LogP contribution in [-0.2, 0) is 24.9 Å². The van der Waals surface area contributed by atoms with Crippen molar-refractivity contribution in [3.63, 3.8) is 0 Å². The van der Waals surface area contributed by atoms with Gasteiger partial charge in [-0.05, 0) is 49.4 Å². The van der Waals surface area contributed by atoms with E-state index in [1.54, 1.807) is 7.11 Å². The predicted octanol–water partition coefficient (Wildman–Crippen LogP) is 3.50. The monoisotopic (exact) mass is 488 g/mol. The number of fused-ring (bicyclic) bond motifs is 3. The highest BCUT2D eigenvalue weighted by atomic mass is 16.5. The lowest BCUT2D eigenvalue weighted by atomic mass is 10.00. The van der Waals surface area contributed by atoms with Crippen molar-refractivity contribution in [2.45, 2.75) is 51.7 Å². The Bertz CT molecular complexity index is 1550. The fourth-order valence-electron chi connectivity index (χ4n) is 5.54. The van der Waals surface area contributed by atoms with Crippen LogP contribution >= 0.6 is 0 Å². The molecular formula is C28H32N4O4. The first-order valence-electron chi connectivity index (χ1n) is 12.6. The third kappa shape index (κ3) is 4.00. The van der Waals surface area contributed by atoms with E-state index in [-0.39, 0.29) is 30.6 Å². The number of ether oxygens (including phenoxy) is 1. The van der Waals surface area contributed by atoms with E-state index >= 15 is 0 Å². The number of aryl methyl sites for hydroxylation is 1. The molecule has 1 aliphatic heterocycles. The summed E-state index contributed by atoms with van der Waals surface area (Å²) in [7, 11) is 3.40. The van der Waals surface area contributed by atoms with Gasteiger partial charge in [0.2, 0.25) is 5.91 Å². The predicted molar refractivity (Wildman–Crippen MR) is 141 cm³/mol. The lowest BCUT2D eigenvalue weighted by Crippen LogP contribution is -2.47. The lowest BCUT2D eigenvalue weighted by molar-refractivity contribution is -0.135. The van der Waals surface area contributed by atoms with Crippen LogP contribution in [0.2, 0.25) is 0 Å². The van der Waals surface area contributed by atoms with Crippen LogP contribution in [0.4, 0.5) is 0 Å². The van der Waals surface area contributed by atoms with Gasteiger partial charge in [0.15, 0.2) is 0 Å². The van der Waals surface area contributed by atoms with Crippen molar-refractivity contribution in [2.24, 2.45) is 7.05 Å². The Morgan fingerprint density at radius 2 is 1.81 bits per heavy atom. The standard InChI is InChI=1S/C28H32N4O4/c1-4-20-12-8-9-15-30(20)24(33)18-31-25-22-16-21(36-3)13-14-23(22)29(2)26(25)27(34)32(28(31)35)17-19-10-6-5-7-11-19/h5-7,10-11,13-14,16,20H,4,8-9,12,15,17-18H2,1-3H3/t20-/m1/s1. The number of benzene rings is 2. The molecule has 0 radical (unpaired) electrons. The van der Waals surface area contributed by atoms with Gasteiger partial charge in [-0.15, -0.1) is 0 Å². The molecule has 36 heavy (non-hydrogen) atoms. The molecule has 3 heterocycles. The molecule has 0 N–H and O–H groups in total. The molecular weight excluding hydrogens is 456 g/mol. The molecule has 1 saturated heterocycles. The lowest BCUT2D eigenvalue weighted by Gasteiger charge is -2.35. The van der Waals surface area contributed by atoms with Gasteiger partial charge in [-0.1, -0.05) is 37.3 Å². The zero-order chi connectivity index (χ0) is 25.4. The second-order valence-corrected chi connectivity index (χ2v) is 9.53. The molecule has 2 aromatic carbocycles. The van der Waals surface area contributed by atoms with Crippen molar-refractivity contribution in [3.8, 4) is 5.75 Å². The third-order valence-electron chi connectivity index (χ3n) is 7.45. The van der Waals surface area contributed by atoms with Crippen molar-refractivity contribution in [1.29, 1.82) is 0 Å². The van der Waals surface area contributed by atoms with E-state index in [0.29, 0.717) is 28.7 Å². The van der Waals surface area contributed by atoms with Gasteiger partial charge < -0.3 is 14.2 Å². The quantitative estimate of drug-likeness (QED) is 0.416. The number of hydrogen-bond donors (Lipinski definition) is 0. The number of amides is 1. The molecule has 5 rings (SSSR count). The van der Waals surface area contributed by atoms with Gasteiger partial charge in [-0.25, -0.2) is 4.79 Å². The maximum Gasteiger partial charge on any atom is 0.332 e. The molecule has 8 nitrogen and oxygen atoms in total. The molecule has 0 spiro atoms. The molecule has 1 aliphatic rings. The van der Waals surface area contributed by atoms with Crippen LogP contribution in [-0.4, -0.2) is 44.2 Å². The van der Waals surface area contributed by atoms with Crippen LogP contribution in [0.3, 0.4) is 0 Å². The Morgan fingerprint density at radius 1 is 1.03 bits per heavy atom. The SMILES string of the molecule is CC[C@@H]1CCCCN1C(=O)Cn1c(=O)n(Cc2ccccc2)c(=O)c2c1c1cc(OC)ccc1n2C. The average molecular weight is 489 g/mol. The Balaban J connectivity index is 1.75. The van der Waals surface area contributed by atoms with Crippen LogP contribution < -0.4 is 16.0 Å². The maximum atomic E-state index is 13.9. The van der Waals surface area contributed by atoms with Crippen molar-refractivity contribution < 1.29 is 9.53 Å². The van der Waals surface area contributed by atoms with Crippen LogP contribution in [0.1, 0.15) is 38.2 Å². The van der Waals surface area contributed by atoms with E-state index in [0.717, 1.165) is 36.8 Å². The first kappa shape index (κ1) is 23.9. The number of carbonyl (C=O) groups excluding carboxylic acids is 1. The third-order valence-corrected chi connectivity index (χ3v) is 7.45. The van der Waals surface area contributed by atoms with Crippen molar-refractivity contribution in [1.82, 2.24) is 18.6 Å². The molecule has 4 aromatic rings. The van der Waals surface area contributed by atoms with Crippen LogP contribution in [0, 0.1) is 0 Å². The summed E-state index contributed by atoms with van der Waals surface area (Å²) < 4.78 is 9.98. The molecule has 1 fully saturated rings. The summed E-state index contributed by atoms with van der Waals surface area (Å²) in [5.41, 5.74) is 1.66. The molecule has 0 aliphatic carbocycles. The zero-order valence-corrected chi connectivity index (χ0v) is 21.1. The van der Waals surface area contributed by atoms with E-state index in [4.69, 9.17) is 4.74 Å². The Hall–Kier alpha value is -3.81. The summed E-state index contributed by atoms with van der Waals surface area (Å²) >= 11 is 0. The second-order valence-electron chi connectivity index (χ2n) is 9.53. The molecule has 1 atom stereocenters. The van der Waals surface area contributed by atoms with E-state index in [2.05, 4.69) is 6.92 Å². The number of piperidine rings is 1. The Morgan fingerprint density at radius 3 is 2.53 bits per heavy atom. The van der Waals surface area contributed by atoms with E-state index in [1.807, 2.05) is 65.0 Å². The molecule has 8 heteroatoms. The van der Waals surface area contributed by atoms with Gasteiger partial charge in [0, 0.05) is 25.0 Å². The number of carbonyl (C=O) groups is 1. The minimum Gasteiger partial charge on any atom is -0.497 e. The molecule has 0 bridgehead atoms. The normalized spacial score (nSPS) is 16.1. The maximum absolute atomic E-state index is 13.9. The van der Waals surface area contributed by atoms with Gasteiger partial charge >= 0.3 is 5.69 Å². The minimum atomic E-state index is -0.481. The summed E-state index contributed by atoms with van der Waals surface area (Å²) in [5.74, 6) is 0.533. The van der Waals surface area contributed by atoms with Crippen molar-refractivity contribution in [3.05, 3.63) is 74.9 Å². The molecule has 0 unspecified atom stereocenters. The highest BCUT2D eigenvalue weighted by Crippen LogP contribution is 2.29. The minimum absolute atomic E-state index is 0.0882.